The fourth-order valence-corrected chi connectivity index (χ4v) is 2.19. The molecule has 0 aliphatic heterocycles. The van der Waals surface area contributed by atoms with E-state index in [1.165, 1.54) is 11.0 Å². The molecule has 134 valence electrons. The van der Waals surface area contributed by atoms with E-state index in [1.54, 1.807) is 38.8 Å². The Hall–Kier alpha value is -1.76. The van der Waals surface area contributed by atoms with Gasteiger partial charge in [0.2, 0.25) is 5.91 Å². The first kappa shape index (κ1) is 20.3. The van der Waals surface area contributed by atoms with Gasteiger partial charge in [0.05, 0.1) is 6.04 Å². The topological polar surface area (TPSA) is 56.7 Å². The molecule has 7 heteroatoms. The smallest absolute Gasteiger partial charge is 0.243 e. The summed E-state index contributed by atoms with van der Waals surface area (Å²) in [5.41, 5.74) is 1.45. The van der Waals surface area contributed by atoms with Crippen molar-refractivity contribution in [2.75, 3.05) is 39.2 Å². The maximum atomic E-state index is 13.7. The van der Waals surface area contributed by atoms with Gasteiger partial charge < -0.3 is 15.5 Å². The minimum atomic E-state index is -0.224. The van der Waals surface area contributed by atoms with Crippen LogP contribution in [0.1, 0.15) is 24.1 Å². The Labute approximate surface area is 148 Å². The predicted molar refractivity (Wildman–Crippen MR) is 100 cm³/mol. The first-order valence-electron chi connectivity index (χ1n) is 7.85. The lowest BCUT2D eigenvalue weighted by atomic mass is 10.1. The number of thioether (sulfide) groups is 1. The molecular weight excluding hydrogens is 327 g/mol. The molecular formula is C17H27FN4OS. The van der Waals surface area contributed by atoms with E-state index in [9.17, 15) is 9.18 Å². The number of nitrogens with zero attached hydrogens (tertiary/aromatic N) is 2. The summed E-state index contributed by atoms with van der Waals surface area (Å²) in [6.07, 6.45) is 2.03. The highest BCUT2D eigenvalue weighted by Gasteiger charge is 2.11. The van der Waals surface area contributed by atoms with Crippen LogP contribution in [0.5, 0.6) is 0 Å². The third-order valence-corrected chi connectivity index (χ3v) is 4.13. The highest BCUT2D eigenvalue weighted by atomic mass is 32.2. The Morgan fingerprint density at radius 3 is 2.71 bits per heavy atom. The Morgan fingerprint density at radius 1 is 1.42 bits per heavy atom. The molecule has 1 aromatic carbocycles. The molecule has 1 unspecified atom stereocenters. The average Bonchev–Trinajstić information content (AvgIpc) is 2.54. The van der Waals surface area contributed by atoms with Crippen LogP contribution in [0, 0.1) is 12.7 Å². The van der Waals surface area contributed by atoms with Gasteiger partial charge in [0.25, 0.3) is 0 Å². The molecule has 24 heavy (non-hydrogen) atoms. The van der Waals surface area contributed by atoms with Crippen molar-refractivity contribution in [3.63, 3.8) is 0 Å². The van der Waals surface area contributed by atoms with Crippen molar-refractivity contribution in [2.45, 2.75) is 19.9 Å². The van der Waals surface area contributed by atoms with E-state index in [4.69, 9.17) is 0 Å². The fourth-order valence-electron chi connectivity index (χ4n) is 1.88. The summed E-state index contributed by atoms with van der Waals surface area (Å²) in [4.78, 5) is 17.5. The van der Waals surface area contributed by atoms with Gasteiger partial charge in [0, 0.05) is 26.4 Å². The van der Waals surface area contributed by atoms with Crippen LogP contribution in [0.4, 0.5) is 4.39 Å². The van der Waals surface area contributed by atoms with Gasteiger partial charge in [0.15, 0.2) is 5.96 Å². The summed E-state index contributed by atoms with van der Waals surface area (Å²) >= 11 is 1.72. The number of aliphatic imine (C=N–C) groups is 1. The number of nitrogens with one attached hydrogen (secondary N) is 2. The molecule has 0 aliphatic rings. The fraction of sp³-hybridized carbons (Fsp3) is 0.529. The number of carbonyl (C=O) groups is 1. The maximum Gasteiger partial charge on any atom is 0.243 e. The first-order chi connectivity index (χ1) is 11.3. The Bertz CT molecular complexity index is 578. The predicted octanol–water partition coefficient (Wildman–Crippen LogP) is 2.18. The van der Waals surface area contributed by atoms with Crippen molar-refractivity contribution in [3.05, 3.63) is 35.1 Å². The molecule has 0 fully saturated rings. The zero-order valence-electron chi connectivity index (χ0n) is 15.0. The zero-order valence-corrected chi connectivity index (χ0v) is 15.8. The summed E-state index contributed by atoms with van der Waals surface area (Å²) in [7, 11) is 3.40. The van der Waals surface area contributed by atoms with Gasteiger partial charge in [-0.25, -0.2) is 9.38 Å². The van der Waals surface area contributed by atoms with Gasteiger partial charge in [-0.15, -0.1) is 0 Å². The lowest BCUT2D eigenvalue weighted by Gasteiger charge is -2.19. The van der Waals surface area contributed by atoms with Crippen LogP contribution in [0.15, 0.2) is 23.2 Å². The summed E-state index contributed by atoms with van der Waals surface area (Å²) in [6.45, 7) is 4.47. The molecule has 0 bridgehead atoms. The van der Waals surface area contributed by atoms with Crippen molar-refractivity contribution in [1.29, 1.82) is 0 Å². The van der Waals surface area contributed by atoms with Gasteiger partial charge in [-0.1, -0.05) is 12.1 Å². The number of aryl methyl sites for hydroxylation is 1. The first-order valence-corrected chi connectivity index (χ1v) is 9.24. The largest absolute Gasteiger partial charge is 0.356 e. The van der Waals surface area contributed by atoms with Crippen LogP contribution in [0.3, 0.4) is 0 Å². The van der Waals surface area contributed by atoms with Gasteiger partial charge in [0.1, 0.15) is 12.4 Å². The lowest BCUT2D eigenvalue weighted by Crippen LogP contribution is -2.40. The number of amides is 1. The molecule has 0 aromatic heterocycles. The van der Waals surface area contributed by atoms with Crippen molar-refractivity contribution >= 4 is 23.6 Å². The Balaban J connectivity index is 2.79. The highest BCUT2D eigenvalue weighted by Crippen LogP contribution is 2.16. The number of hydrogen-bond acceptors (Lipinski definition) is 3. The molecule has 0 saturated heterocycles. The molecule has 2 N–H and O–H groups in total. The average molecular weight is 354 g/mol. The second-order valence-electron chi connectivity index (χ2n) is 5.75. The molecule has 5 nitrogen and oxygen atoms in total. The van der Waals surface area contributed by atoms with E-state index in [1.807, 2.05) is 19.2 Å². The Kier molecular flexibility index (Phi) is 8.60. The van der Waals surface area contributed by atoms with Crippen LogP contribution in [-0.2, 0) is 4.79 Å². The molecule has 1 aromatic rings. The summed E-state index contributed by atoms with van der Waals surface area (Å²) in [5.74, 6) is 1.18. The van der Waals surface area contributed by atoms with Crippen molar-refractivity contribution in [3.8, 4) is 0 Å². The number of rotatable bonds is 7. The van der Waals surface area contributed by atoms with E-state index >= 15 is 0 Å². The number of guanidine groups is 1. The number of hydrogen-bond donors (Lipinski definition) is 2. The normalized spacial score (nSPS) is 12.7. The van der Waals surface area contributed by atoms with E-state index in [-0.39, 0.29) is 24.3 Å². The van der Waals surface area contributed by atoms with E-state index in [0.717, 1.165) is 17.9 Å². The lowest BCUT2D eigenvalue weighted by molar-refractivity contribution is -0.127. The van der Waals surface area contributed by atoms with Gasteiger partial charge in [-0.3, -0.25) is 4.79 Å². The molecule has 1 amide bonds. The standard InChI is InChI=1S/C17H27FN4OS/c1-12-6-7-14(10-15(12)18)13(2)21-17(19-8-9-24-5)20-11-16(23)22(3)4/h6-7,10,13H,8-9,11H2,1-5H3,(H2,19,20,21). The SMILES string of the molecule is CSCCNC(=NCC(=O)N(C)C)NC(C)c1ccc(C)c(F)c1. The molecule has 0 aliphatic carbocycles. The Morgan fingerprint density at radius 2 is 2.12 bits per heavy atom. The van der Waals surface area contributed by atoms with Gasteiger partial charge in [-0.2, -0.15) is 11.8 Å². The minimum absolute atomic E-state index is 0.0661. The number of likely N-dealkylation sites (N-methyl/N-ethyl adjacent to an activating group) is 1. The van der Waals surface area contributed by atoms with Gasteiger partial charge >= 0.3 is 0 Å². The van der Waals surface area contributed by atoms with Crippen LogP contribution in [0.2, 0.25) is 0 Å². The second-order valence-corrected chi connectivity index (χ2v) is 6.73. The van der Waals surface area contributed by atoms with Crippen LogP contribution in [0.25, 0.3) is 0 Å². The van der Waals surface area contributed by atoms with Crippen LogP contribution in [-0.4, -0.2) is 56.0 Å². The van der Waals surface area contributed by atoms with Crippen molar-refractivity contribution < 1.29 is 9.18 Å². The molecule has 0 heterocycles. The summed E-state index contributed by atoms with van der Waals surface area (Å²) in [5, 5.41) is 6.42. The van der Waals surface area contributed by atoms with Crippen molar-refractivity contribution in [2.24, 2.45) is 4.99 Å². The number of carbonyl (C=O) groups excluding carboxylic acids is 1. The van der Waals surface area contributed by atoms with E-state index < -0.39 is 0 Å². The van der Waals surface area contributed by atoms with Crippen molar-refractivity contribution in [1.82, 2.24) is 15.5 Å². The third-order valence-electron chi connectivity index (χ3n) is 3.52. The molecule has 1 atom stereocenters. The quantitative estimate of drug-likeness (QED) is 0.448. The van der Waals surface area contributed by atoms with Crippen LogP contribution < -0.4 is 10.6 Å². The maximum absolute atomic E-state index is 13.7. The van der Waals surface area contributed by atoms with E-state index in [0.29, 0.717) is 11.5 Å². The highest BCUT2D eigenvalue weighted by molar-refractivity contribution is 7.98. The number of benzene rings is 1. The zero-order chi connectivity index (χ0) is 18.1. The second kappa shape index (κ2) is 10.2. The third kappa shape index (κ3) is 6.78. The molecule has 0 spiro atoms. The molecule has 0 radical (unpaired) electrons. The summed E-state index contributed by atoms with van der Waals surface area (Å²) in [6, 6.07) is 5.05. The van der Waals surface area contributed by atoms with E-state index in [2.05, 4.69) is 15.6 Å². The molecule has 1 rings (SSSR count). The monoisotopic (exact) mass is 354 g/mol. The molecule has 0 saturated carbocycles. The minimum Gasteiger partial charge on any atom is -0.356 e. The van der Waals surface area contributed by atoms with Gasteiger partial charge in [-0.05, 0) is 37.3 Å². The van der Waals surface area contributed by atoms with Crippen LogP contribution >= 0.6 is 11.8 Å². The summed E-state index contributed by atoms with van der Waals surface area (Å²) < 4.78 is 13.7. The number of halogens is 1.